The third-order valence-corrected chi connectivity index (χ3v) is 14.5. The maximum atomic E-state index is 12.9. The molecule has 0 heterocycles. The summed E-state index contributed by atoms with van der Waals surface area (Å²) in [5, 5.41) is 13.8. The molecule has 3 atom stereocenters. The van der Waals surface area contributed by atoms with Gasteiger partial charge in [-0.1, -0.05) is 262 Å². The van der Waals surface area contributed by atoms with E-state index in [1.165, 1.54) is 212 Å². The number of phosphoric ester groups is 1. The zero-order valence-corrected chi connectivity index (χ0v) is 47.9. The first-order chi connectivity index (χ1) is 34.0. The van der Waals surface area contributed by atoms with Crippen molar-refractivity contribution in [2.24, 2.45) is 0 Å². The Labute approximate surface area is 435 Å². The molecule has 0 bridgehead atoms. The summed E-state index contributed by atoms with van der Waals surface area (Å²) >= 11 is 0. The highest BCUT2D eigenvalue weighted by atomic mass is 31.2. The first kappa shape index (κ1) is 68.5. The van der Waals surface area contributed by atoms with Gasteiger partial charge in [-0.05, 0) is 64.2 Å². The summed E-state index contributed by atoms with van der Waals surface area (Å²) in [7, 11) is 1.55. The number of nitrogens with one attached hydrogen (secondary N) is 1. The highest BCUT2D eigenvalue weighted by Crippen LogP contribution is 2.43. The maximum Gasteiger partial charge on any atom is 0.472 e. The zero-order chi connectivity index (χ0) is 51.3. The van der Waals surface area contributed by atoms with Gasteiger partial charge in [-0.25, -0.2) is 4.57 Å². The molecule has 3 N–H and O–H groups in total. The molecule has 70 heavy (non-hydrogen) atoms. The molecule has 0 aromatic heterocycles. The minimum absolute atomic E-state index is 0.0534. The fourth-order valence-corrected chi connectivity index (χ4v) is 9.52. The summed E-state index contributed by atoms with van der Waals surface area (Å²) in [5.41, 5.74) is 0. The van der Waals surface area contributed by atoms with Crippen LogP contribution in [0.4, 0.5) is 0 Å². The Morgan fingerprint density at radius 3 is 1.20 bits per heavy atom. The van der Waals surface area contributed by atoms with Gasteiger partial charge in [0, 0.05) is 6.42 Å². The number of aliphatic hydroxyl groups excluding tert-OH is 1. The van der Waals surface area contributed by atoms with Gasteiger partial charge in [0.15, 0.2) is 0 Å². The lowest BCUT2D eigenvalue weighted by Gasteiger charge is -2.25. The fourth-order valence-electron chi connectivity index (χ4n) is 8.78. The van der Waals surface area contributed by atoms with Crippen LogP contribution in [0.2, 0.25) is 0 Å². The Bertz CT molecular complexity index is 1280. The monoisotopic (exact) mass is 1010 g/mol. The van der Waals surface area contributed by atoms with Gasteiger partial charge >= 0.3 is 7.82 Å². The van der Waals surface area contributed by atoms with Crippen molar-refractivity contribution in [2.45, 2.75) is 296 Å². The minimum Gasteiger partial charge on any atom is -0.387 e. The number of amides is 1. The van der Waals surface area contributed by atoms with Crippen molar-refractivity contribution in [2.75, 3.05) is 40.9 Å². The number of likely N-dealkylation sites (N-methyl/N-ethyl adjacent to an activating group) is 1. The van der Waals surface area contributed by atoms with Crippen molar-refractivity contribution in [3.63, 3.8) is 0 Å². The Morgan fingerprint density at radius 1 is 0.471 bits per heavy atom. The lowest BCUT2D eigenvalue weighted by molar-refractivity contribution is -0.870. The van der Waals surface area contributed by atoms with Crippen LogP contribution < -0.4 is 5.32 Å². The Hall–Kier alpha value is -1.54. The van der Waals surface area contributed by atoms with Crippen LogP contribution in [0.1, 0.15) is 284 Å². The molecule has 0 radical (unpaired) electrons. The molecule has 0 aliphatic heterocycles. The van der Waals surface area contributed by atoms with Crippen LogP contribution in [0.3, 0.4) is 0 Å². The number of unbranched alkanes of at least 4 members (excludes halogenated alkanes) is 36. The third-order valence-electron chi connectivity index (χ3n) is 13.5. The van der Waals surface area contributed by atoms with Gasteiger partial charge in [-0.2, -0.15) is 0 Å². The molecule has 0 rings (SSSR count). The van der Waals surface area contributed by atoms with E-state index in [1.807, 2.05) is 27.2 Å². The van der Waals surface area contributed by atoms with Crippen molar-refractivity contribution in [3.8, 4) is 0 Å². The van der Waals surface area contributed by atoms with Crippen LogP contribution in [-0.4, -0.2) is 73.4 Å². The average Bonchev–Trinajstić information content (AvgIpc) is 3.32. The van der Waals surface area contributed by atoms with Gasteiger partial charge in [-0.3, -0.25) is 13.8 Å². The summed E-state index contributed by atoms with van der Waals surface area (Å²) in [6.07, 6.45) is 69.8. The number of hydrogen-bond acceptors (Lipinski definition) is 5. The Morgan fingerprint density at radius 2 is 0.814 bits per heavy atom. The summed E-state index contributed by atoms with van der Waals surface area (Å²) in [6, 6.07) is -0.868. The normalized spacial score (nSPS) is 14.2. The van der Waals surface area contributed by atoms with Gasteiger partial charge in [0.25, 0.3) is 0 Å². The van der Waals surface area contributed by atoms with Crippen molar-refractivity contribution < 1.29 is 32.9 Å². The van der Waals surface area contributed by atoms with Crippen LogP contribution in [0.25, 0.3) is 0 Å². The van der Waals surface area contributed by atoms with E-state index < -0.39 is 20.0 Å². The summed E-state index contributed by atoms with van der Waals surface area (Å²) in [6.45, 7) is 4.73. The van der Waals surface area contributed by atoms with E-state index in [2.05, 4.69) is 55.6 Å². The quantitative estimate of drug-likeness (QED) is 0.0243. The number of aliphatic hydroxyl groups is 1. The molecule has 0 aromatic rings. The molecule has 8 nitrogen and oxygen atoms in total. The van der Waals surface area contributed by atoms with E-state index in [1.54, 1.807) is 6.08 Å². The number of carbonyl (C=O) groups excluding carboxylic acids is 1. The molecule has 0 spiro atoms. The van der Waals surface area contributed by atoms with E-state index >= 15 is 0 Å². The lowest BCUT2D eigenvalue weighted by Crippen LogP contribution is -2.45. The van der Waals surface area contributed by atoms with Crippen molar-refractivity contribution >= 4 is 13.7 Å². The number of quaternary nitrogens is 1. The van der Waals surface area contributed by atoms with Crippen LogP contribution >= 0.6 is 7.82 Å². The lowest BCUT2D eigenvalue weighted by atomic mass is 10.0. The standard InChI is InChI=1S/C61H117N2O6P/c1-6-8-10-12-14-16-18-19-20-21-22-23-24-25-26-27-28-29-30-31-32-33-34-35-36-37-38-39-40-41-42-43-45-47-49-51-53-55-61(65)62-59(58-69-70(66,67)68-57-56-63(3,4)5)60(64)54-52-50-48-46-44-17-15-13-11-9-7-2/h11,13,29-30,44,46,52,54,59-60,64H,6-10,12,14-28,31-43,45,47-51,53,55-58H2,1-5H3,(H-,62,65,66,67)/p+1/b13-11+,30-29-,46-44+,54-52+. The first-order valence-electron chi connectivity index (χ1n) is 30.0. The predicted molar refractivity (Wildman–Crippen MR) is 304 cm³/mol. The number of phosphoric acid groups is 1. The Kier molecular flexibility index (Phi) is 51.2. The van der Waals surface area contributed by atoms with Crippen molar-refractivity contribution in [1.82, 2.24) is 5.32 Å². The van der Waals surface area contributed by atoms with E-state index in [4.69, 9.17) is 9.05 Å². The molecule has 0 aromatic carbocycles. The van der Waals surface area contributed by atoms with Crippen LogP contribution in [0.5, 0.6) is 0 Å². The zero-order valence-electron chi connectivity index (χ0n) is 47.0. The van der Waals surface area contributed by atoms with Crippen molar-refractivity contribution in [1.29, 1.82) is 0 Å². The molecule has 0 aliphatic rings. The molecule has 9 heteroatoms. The van der Waals surface area contributed by atoms with E-state index in [0.717, 1.165) is 51.4 Å². The van der Waals surface area contributed by atoms with Crippen molar-refractivity contribution in [3.05, 3.63) is 48.6 Å². The molecule has 412 valence electrons. The molecule has 0 fully saturated rings. The fraction of sp³-hybridized carbons (Fsp3) is 0.852. The summed E-state index contributed by atoms with van der Waals surface area (Å²) in [5.74, 6) is -0.190. The number of rotatable bonds is 55. The molecular weight excluding hydrogens is 888 g/mol. The molecular formula is C61H118N2O6P+. The van der Waals surface area contributed by atoms with Crippen LogP contribution in [0, 0.1) is 0 Å². The average molecular weight is 1010 g/mol. The molecule has 0 aliphatic carbocycles. The molecule has 0 saturated heterocycles. The van der Waals surface area contributed by atoms with Gasteiger partial charge in [0.05, 0.1) is 39.9 Å². The number of carbonyl (C=O) groups is 1. The topological polar surface area (TPSA) is 105 Å². The van der Waals surface area contributed by atoms with E-state index in [0.29, 0.717) is 17.4 Å². The third kappa shape index (κ3) is 54.2. The van der Waals surface area contributed by atoms with Gasteiger partial charge in [0.1, 0.15) is 13.2 Å². The van der Waals surface area contributed by atoms with Gasteiger partial charge in [-0.15, -0.1) is 0 Å². The SMILES string of the molecule is CCC/C=C/CC/C=C/CC/C=C/C(O)C(COP(=O)(O)OCC[N+](C)(C)C)NC(=O)CCCCCCCCCCCCCCCCCCC/C=C\CCCCCCCCCCCCCCCCCC. The second-order valence-electron chi connectivity index (χ2n) is 21.7. The highest BCUT2D eigenvalue weighted by molar-refractivity contribution is 7.47. The van der Waals surface area contributed by atoms with Gasteiger partial charge in [0.2, 0.25) is 5.91 Å². The molecule has 0 saturated carbocycles. The van der Waals surface area contributed by atoms with E-state index in [9.17, 15) is 19.4 Å². The summed E-state index contributed by atoms with van der Waals surface area (Å²) in [4.78, 5) is 23.2. The van der Waals surface area contributed by atoms with E-state index in [-0.39, 0.29) is 19.1 Å². The number of nitrogens with zero attached hydrogens (tertiary/aromatic N) is 1. The maximum absolute atomic E-state index is 12.9. The smallest absolute Gasteiger partial charge is 0.387 e. The predicted octanol–water partition coefficient (Wildman–Crippen LogP) is 18.3. The Balaban J connectivity index is 3.89. The largest absolute Gasteiger partial charge is 0.472 e. The number of allylic oxidation sites excluding steroid dienone is 7. The second kappa shape index (κ2) is 52.3. The molecule has 1 amide bonds. The van der Waals surface area contributed by atoms with Crippen LogP contribution in [0.15, 0.2) is 48.6 Å². The first-order valence-corrected chi connectivity index (χ1v) is 31.5. The number of hydrogen-bond donors (Lipinski definition) is 3. The molecule has 3 unspecified atom stereocenters. The van der Waals surface area contributed by atoms with Crippen LogP contribution in [-0.2, 0) is 18.4 Å². The highest BCUT2D eigenvalue weighted by Gasteiger charge is 2.27. The second-order valence-corrected chi connectivity index (χ2v) is 23.2. The van der Waals surface area contributed by atoms with Gasteiger partial charge < -0.3 is 19.8 Å². The summed E-state index contributed by atoms with van der Waals surface area (Å²) < 4.78 is 23.6. The minimum atomic E-state index is -4.35.